The van der Waals surface area contributed by atoms with Crippen LogP contribution in [0.4, 0.5) is 0 Å². The SMILES string of the molecule is CCc1nc(C(=O)OC)c2ccccn12. The molecule has 0 saturated carbocycles. The van der Waals surface area contributed by atoms with Gasteiger partial charge in [-0.15, -0.1) is 0 Å². The van der Waals surface area contributed by atoms with Crippen molar-refractivity contribution in [3.05, 3.63) is 35.9 Å². The summed E-state index contributed by atoms with van der Waals surface area (Å²) < 4.78 is 6.60. The van der Waals surface area contributed by atoms with Gasteiger partial charge in [-0.1, -0.05) is 13.0 Å². The number of imidazole rings is 1. The van der Waals surface area contributed by atoms with E-state index in [0.29, 0.717) is 5.69 Å². The molecule has 2 rings (SSSR count). The number of nitrogens with zero attached hydrogens (tertiary/aromatic N) is 2. The number of ether oxygens (including phenoxy) is 1. The number of pyridine rings is 1. The van der Waals surface area contributed by atoms with E-state index in [-0.39, 0.29) is 0 Å². The summed E-state index contributed by atoms with van der Waals surface area (Å²) in [4.78, 5) is 15.7. The number of aromatic nitrogens is 2. The van der Waals surface area contributed by atoms with E-state index in [1.54, 1.807) is 0 Å². The Morgan fingerprint density at radius 1 is 1.53 bits per heavy atom. The van der Waals surface area contributed by atoms with Crippen molar-refractivity contribution in [1.82, 2.24) is 9.38 Å². The molecule has 0 fully saturated rings. The molecule has 78 valence electrons. The number of carbonyl (C=O) groups is 1. The fourth-order valence-electron chi connectivity index (χ4n) is 1.60. The lowest BCUT2D eigenvalue weighted by Gasteiger charge is -1.96. The van der Waals surface area contributed by atoms with Gasteiger partial charge >= 0.3 is 5.97 Å². The molecule has 0 aliphatic heterocycles. The second kappa shape index (κ2) is 3.73. The summed E-state index contributed by atoms with van der Waals surface area (Å²) in [6, 6.07) is 5.65. The molecule has 2 aromatic heterocycles. The van der Waals surface area contributed by atoms with Gasteiger partial charge in [-0.3, -0.25) is 0 Å². The van der Waals surface area contributed by atoms with Crippen LogP contribution in [0.2, 0.25) is 0 Å². The molecule has 0 bridgehead atoms. The molecule has 0 atom stereocenters. The largest absolute Gasteiger partial charge is 0.464 e. The van der Waals surface area contributed by atoms with Gasteiger partial charge in [0.2, 0.25) is 0 Å². The highest BCUT2D eigenvalue weighted by Crippen LogP contribution is 2.14. The van der Waals surface area contributed by atoms with Gasteiger partial charge in [0.25, 0.3) is 0 Å². The first kappa shape index (κ1) is 9.71. The van der Waals surface area contributed by atoms with E-state index in [1.807, 2.05) is 35.7 Å². The Balaban J connectivity index is 2.70. The highest BCUT2D eigenvalue weighted by atomic mass is 16.5. The van der Waals surface area contributed by atoms with Crippen LogP contribution in [0, 0.1) is 0 Å². The van der Waals surface area contributed by atoms with E-state index in [1.165, 1.54) is 7.11 Å². The second-order valence-electron chi connectivity index (χ2n) is 3.18. The fourth-order valence-corrected chi connectivity index (χ4v) is 1.60. The van der Waals surface area contributed by atoms with Gasteiger partial charge in [0.15, 0.2) is 5.69 Å². The summed E-state index contributed by atoms with van der Waals surface area (Å²) in [6.45, 7) is 2.00. The summed E-state index contributed by atoms with van der Waals surface area (Å²) in [6.07, 6.45) is 2.68. The van der Waals surface area contributed by atoms with Crippen molar-refractivity contribution in [2.24, 2.45) is 0 Å². The molecular formula is C11H12N2O2. The third-order valence-electron chi connectivity index (χ3n) is 2.32. The maximum Gasteiger partial charge on any atom is 0.358 e. The first-order chi connectivity index (χ1) is 7.27. The Morgan fingerprint density at radius 3 is 3.00 bits per heavy atom. The molecule has 0 N–H and O–H groups in total. The van der Waals surface area contributed by atoms with Gasteiger partial charge in [0, 0.05) is 12.6 Å². The lowest BCUT2D eigenvalue weighted by molar-refractivity contribution is 0.0597. The van der Waals surface area contributed by atoms with Crippen LogP contribution < -0.4 is 0 Å². The van der Waals surface area contributed by atoms with Gasteiger partial charge in [-0.25, -0.2) is 9.78 Å². The average molecular weight is 204 g/mol. The molecule has 4 heteroatoms. The number of hydrogen-bond acceptors (Lipinski definition) is 3. The van der Waals surface area contributed by atoms with E-state index in [4.69, 9.17) is 0 Å². The van der Waals surface area contributed by atoms with Crippen LogP contribution >= 0.6 is 0 Å². The van der Waals surface area contributed by atoms with Gasteiger partial charge in [0.05, 0.1) is 12.6 Å². The van der Waals surface area contributed by atoms with Crippen LogP contribution in [-0.4, -0.2) is 22.5 Å². The van der Waals surface area contributed by atoms with Gasteiger partial charge in [-0.05, 0) is 12.1 Å². The van der Waals surface area contributed by atoms with Gasteiger partial charge < -0.3 is 9.14 Å². The van der Waals surface area contributed by atoms with E-state index in [2.05, 4.69) is 9.72 Å². The molecule has 0 amide bonds. The quantitative estimate of drug-likeness (QED) is 0.699. The molecule has 2 heterocycles. The molecule has 0 spiro atoms. The lowest BCUT2D eigenvalue weighted by atomic mass is 10.3. The van der Waals surface area contributed by atoms with Crippen molar-refractivity contribution in [3.63, 3.8) is 0 Å². The summed E-state index contributed by atoms with van der Waals surface area (Å²) in [5.74, 6) is 0.476. The number of esters is 1. The third kappa shape index (κ3) is 1.48. The van der Waals surface area contributed by atoms with Crippen LogP contribution in [-0.2, 0) is 11.2 Å². The molecule has 0 aliphatic carbocycles. The maximum absolute atomic E-state index is 11.5. The molecule has 0 aromatic carbocycles. The summed E-state index contributed by atoms with van der Waals surface area (Å²) in [5, 5.41) is 0. The minimum Gasteiger partial charge on any atom is -0.464 e. The Hall–Kier alpha value is -1.84. The monoisotopic (exact) mass is 204 g/mol. The number of methoxy groups -OCH3 is 1. The van der Waals surface area contributed by atoms with Crippen LogP contribution in [0.5, 0.6) is 0 Å². The Morgan fingerprint density at radius 2 is 2.33 bits per heavy atom. The zero-order valence-corrected chi connectivity index (χ0v) is 8.73. The van der Waals surface area contributed by atoms with E-state index < -0.39 is 5.97 Å². The van der Waals surface area contributed by atoms with Crippen LogP contribution in [0.3, 0.4) is 0 Å². The number of carbonyl (C=O) groups excluding carboxylic acids is 1. The zero-order chi connectivity index (χ0) is 10.8. The van der Waals surface area contributed by atoms with Crippen molar-refractivity contribution in [1.29, 1.82) is 0 Å². The normalized spacial score (nSPS) is 10.5. The van der Waals surface area contributed by atoms with Crippen LogP contribution in [0.1, 0.15) is 23.2 Å². The highest BCUT2D eigenvalue weighted by molar-refractivity contribution is 5.95. The Kier molecular flexibility index (Phi) is 2.41. The third-order valence-corrected chi connectivity index (χ3v) is 2.32. The Bertz CT molecular complexity index is 502. The molecule has 0 radical (unpaired) electrons. The maximum atomic E-state index is 11.5. The van der Waals surface area contributed by atoms with Crippen molar-refractivity contribution < 1.29 is 9.53 Å². The van der Waals surface area contributed by atoms with Gasteiger partial charge in [-0.2, -0.15) is 0 Å². The first-order valence-electron chi connectivity index (χ1n) is 4.82. The zero-order valence-electron chi connectivity index (χ0n) is 8.73. The summed E-state index contributed by atoms with van der Waals surface area (Å²) >= 11 is 0. The molecule has 15 heavy (non-hydrogen) atoms. The van der Waals surface area contributed by atoms with E-state index >= 15 is 0 Å². The van der Waals surface area contributed by atoms with Crippen molar-refractivity contribution in [3.8, 4) is 0 Å². The molecule has 2 aromatic rings. The van der Waals surface area contributed by atoms with Crippen LogP contribution in [0.15, 0.2) is 24.4 Å². The number of rotatable bonds is 2. The molecule has 0 unspecified atom stereocenters. The number of hydrogen-bond donors (Lipinski definition) is 0. The molecule has 0 aliphatic rings. The lowest BCUT2D eigenvalue weighted by Crippen LogP contribution is -2.02. The minimum absolute atomic E-state index is 0.384. The minimum atomic E-state index is -0.390. The van der Waals surface area contributed by atoms with Gasteiger partial charge in [0.1, 0.15) is 5.82 Å². The van der Waals surface area contributed by atoms with E-state index in [0.717, 1.165) is 17.8 Å². The molecule has 0 saturated heterocycles. The fraction of sp³-hybridized carbons (Fsp3) is 0.273. The standard InChI is InChI=1S/C11H12N2O2/c1-3-9-12-10(11(14)15-2)8-6-4-5-7-13(8)9/h4-7H,3H2,1-2H3. The average Bonchev–Trinajstić information content (AvgIpc) is 2.67. The van der Waals surface area contributed by atoms with Crippen LogP contribution in [0.25, 0.3) is 5.52 Å². The van der Waals surface area contributed by atoms with Crippen molar-refractivity contribution >= 4 is 11.5 Å². The predicted octanol–water partition coefficient (Wildman–Crippen LogP) is 1.68. The first-order valence-corrected chi connectivity index (χ1v) is 4.82. The molecular weight excluding hydrogens is 192 g/mol. The number of aryl methyl sites for hydroxylation is 1. The second-order valence-corrected chi connectivity index (χ2v) is 3.18. The Labute approximate surface area is 87.5 Å². The predicted molar refractivity (Wildman–Crippen MR) is 55.9 cm³/mol. The summed E-state index contributed by atoms with van der Waals surface area (Å²) in [7, 11) is 1.36. The number of fused-ring (bicyclic) bond motifs is 1. The van der Waals surface area contributed by atoms with Crippen molar-refractivity contribution in [2.45, 2.75) is 13.3 Å². The van der Waals surface area contributed by atoms with Crippen molar-refractivity contribution in [2.75, 3.05) is 7.11 Å². The highest BCUT2D eigenvalue weighted by Gasteiger charge is 2.16. The topological polar surface area (TPSA) is 43.6 Å². The molecule has 4 nitrogen and oxygen atoms in total. The van der Waals surface area contributed by atoms with E-state index in [9.17, 15) is 4.79 Å². The summed E-state index contributed by atoms with van der Waals surface area (Å²) in [5.41, 5.74) is 1.18. The smallest absolute Gasteiger partial charge is 0.358 e.